The molecule has 1 aliphatic rings. The van der Waals surface area contributed by atoms with E-state index >= 15 is 0 Å². The molecule has 1 N–H and O–H groups in total. The largest absolute Gasteiger partial charge is 0.350 e. The Morgan fingerprint density at radius 3 is 2.29 bits per heavy atom. The molecule has 0 saturated carbocycles. The first-order valence-corrected chi connectivity index (χ1v) is 11.8. The average Bonchev–Trinajstić information content (AvgIpc) is 3.05. The van der Waals surface area contributed by atoms with Gasteiger partial charge in [-0.1, -0.05) is 41.4 Å². The van der Waals surface area contributed by atoms with Gasteiger partial charge in [0.1, 0.15) is 10.7 Å². The van der Waals surface area contributed by atoms with Gasteiger partial charge in [-0.3, -0.25) is 14.4 Å². The molecule has 8 heteroatoms. The van der Waals surface area contributed by atoms with E-state index < -0.39 is 11.8 Å². The summed E-state index contributed by atoms with van der Waals surface area (Å²) in [4.78, 5) is 41.5. The number of aryl methyl sites for hydroxylation is 2. The molecule has 0 aliphatic carbocycles. The number of rotatable bonds is 6. The number of halogens is 2. The second-order valence-electron chi connectivity index (χ2n) is 8.16. The maximum absolute atomic E-state index is 13.1. The number of anilines is 3. The number of hydrogen-bond acceptors (Lipinski definition) is 4. The van der Waals surface area contributed by atoms with Crippen LogP contribution < -0.4 is 15.1 Å². The molecule has 0 aromatic heterocycles. The molecule has 178 valence electrons. The van der Waals surface area contributed by atoms with Gasteiger partial charge in [0.25, 0.3) is 17.7 Å². The van der Waals surface area contributed by atoms with Crippen molar-refractivity contribution >= 4 is 58.0 Å². The molecule has 0 bridgehead atoms. The molecule has 0 fully saturated rings. The van der Waals surface area contributed by atoms with Gasteiger partial charge < -0.3 is 10.2 Å². The normalized spacial score (nSPS) is 13.5. The second kappa shape index (κ2) is 9.94. The van der Waals surface area contributed by atoms with Crippen LogP contribution in [0.3, 0.4) is 0 Å². The Hall–Kier alpha value is -3.61. The van der Waals surface area contributed by atoms with Crippen molar-refractivity contribution in [2.24, 2.45) is 0 Å². The Kier molecular flexibility index (Phi) is 6.96. The van der Waals surface area contributed by atoms with Crippen LogP contribution in [0.1, 0.15) is 28.4 Å². The average molecular weight is 508 g/mol. The predicted molar refractivity (Wildman–Crippen MR) is 140 cm³/mol. The SMILES string of the molecule is CCN(C(=O)c1ccc(NC2=C(Cl)C(=O)N(c3ccc(C)c(Cl)c3)C2=O)cc1)c1cccc(C)c1. The van der Waals surface area contributed by atoms with Crippen molar-refractivity contribution in [3.05, 3.63) is 99.2 Å². The number of amides is 3. The Labute approximate surface area is 213 Å². The molecule has 0 radical (unpaired) electrons. The van der Waals surface area contributed by atoms with Crippen LogP contribution in [0.25, 0.3) is 0 Å². The highest BCUT2D eigenvalue weighted by Crippen LogP contribution is 2.32. The third-order valence-corrected chi connectivity index (χ3v) is 6.47. The number of carbonyl (C=O) groups excluding carboxylic acids is 3. The van der Waals surface area contributed by atoms with Crippen LogP contribution in [0.4, 0.5) is 17.1 Å². The minimum Gasteiger partial charge on any atom is -0.350 e. The monoisotopic (exact) mass is 507 g/mol. The van der Waals surface area contributed by atoms with Gasteiger partial charge in [0.15, 0.2) is 0 Å². The number of benzene rings is 3. The zero-order valence-electron chi connectivity index (χ0n) is 19.4. The highest BCUT2D eigenvalue weighted by Gasteiger charge is 2.39. The Morgan fingerprint density at radius 1 is 0.943 bits per heavy atom. The number of nitrogens with one attached hydrogen (secondary N) is 1. The zero-order valence-corrected chi connectivity index (χ0v) is 20.9. The van der Waals surface area contributed by atoms with Crippen LogP contribution in [0.15, 0.2) is 77.5 Å². The van der Waals surface area contributed by atoms with Gasteiger partial charge in [-0.25, -0.2) is 4.90 Å². The van der Waals surface area contributed by atoms with E-state index in [1.54, 1.807) is 47.4 Å². The maximum atomic E-state index is 13.1. The summed E-state index contributed by atoms with van der Waals surface area (Å²) in [5, 5.41) is 3.14. The van der Waals surface area contributed by atoms with Crippen LogP contribution in [0, 0.1) is 13.8 Å². The van der Waals surface area contributed by atoms with Gasteiger partial charge >= 0.3 is 0 Å². The van der Waals surface area contributed by atoms with Crippen LogP contribution in [0.2, 0.25) is 5.02 Å². The summed E-state index contributed by atoms with van der Waals surface area (Å²) in [5.41, 5.74) is 4.01. The number of carbonyl (C=O) groups is 3. The van der Waals surface area contributed by atoms with Crippen LogP contribution >= 0.6 is 23.2 Å². The Bertz CT molecular complexity index is 1370. The molecule has 3 aromatic rings. The lowest BCUT2D eigenvalue weighted by atomic mass is 10.1. The van der Waals surface area contributed by atoms with Gasteiger partial charge in [0.05, 0.1) is 5.69 Å². The minimum absolute atomic E-state index is 0.0395. The lowest BCUT2D eigenvalue weighted by Gasteiger charge is -2.21. The summed E-state index contributed by atoms with van der Waals surface area (Å²) in [6, 6.07) is 19.3. The molecule has 0 atom stereocenters. The van der Waals surface area contributed by atoms with Crippen molar-refractivity contribution < 1.29 is 14.4 Å². The molecular formula is C27H23Cl2N3O3. The summed E-state index contributed by atoms with van der Waals surface area (Å²) in [5.74, 6) is -1.37. The third kappa shape index (κ3) is 4.81. The molecule has 0 unspecified atom stereocenters. The summed E-state index contributed by atoms with van der Waals surface area (Å²) in [6.45, 7) is 6.24. The highest BCUT2D eigenvalue weighted by molar-refractivity contribution is 6.53. The lowest BCUT2D eigenvalue weighted by Crippen LogP contribution is -2.32. The van der Waals surface area contributed by atoms with E-state index in [0.717, 1.165) is 21.7 Å². The van der Waals surface area contributed by atoms with Crippen molar-refractivity contribution in [3.63, 3.8) is 0 Å². The molecule has 6 nitrogen and oxygen atoms in total. The summed E-state index contributed by atoms with van der Waals surface area (Å²) < 4.78 is 0. The van der Waals surface area contributed by atoms with Gasteiger partial charge in [-0.15, -0.1) is 0 Å². The van der Waals surface area contributed by atoms with Gasteiger partial charge in [0.2, 0.25) is 0 Å². The molecule has 0 saturated heterocycles. The first-order valence-electron chi connectivity index (χ1n) is 11.0. The first-order chi connectivity index (χ1) is 16.7. The van der Waals surface area contributed by atoms with Gasteiger partial charge in [-0.05, 0) is 80.4 Å². The minimum atomic E-state index is -0.636. The molecule has 0 spiro atoms. The van der Waals surface area contributed by atoms with Crippen LogP contribution in [-0.4, -0.2) is 24.3 Å². The topological polar surface area (TPSA) is 69.7 Å². The molecule has 1 heterocycles. The fourth-order valence-electron chi connectivity index (χ4n) is 3.80. The summed E-state index contributed by atoms with van der Waals surface area (Å²) >= 11 is 12.4. The maximum Gasteiger partial charge on any atom is 0.283 e. The van der Waals surface area contributed by atoms with E-state index in [0.29, 0.717) is 28.5 Å². The Balaban J connectivity index is 1.53. The first kappa shape index (κ1) is 24.5. The van der Waals surface area contributed by atoms with Crippen molar-refractivity contribution in [1.82, 2.24) is 0 Å². The Morgan fingerprint density at radius 2 is 1.66 bits per heavy atom. The second-order valence-corrected chi connectivity index (χ2v) is 8.94. The molecular weight excluding hydrogens is 485 g/mol. The summed E-state index contributed by atoms with van der Waals surface area (Å²) in [7, 11) is 0. The van der Waals surface area contributed by atoms with E-state index in [9.17, 15) is 14.4 Å². The van der Waals surface area contributed by atoms with Crippen molar-refractivity contribution in [1.29, 1.82) is 0 Å². The fraction of sp³-hybridized carbons (Fsp3) is 0.148. The number of hydrogen-bond donors (Lipinski definition) is 1. The van der Waals surface area contributed by atoms with E-state index in [-0.39, 0.29) is 16.6 Å². The standard InChI is InChI=1S/C27H23Cl2N3O3/c1-4-31(20-7-5-6-16(2)14-20)25(33)18-9-11-19(12-10-18)30-24-23(29)26(34)32(27(24)35)21-13-8-17(3)22(28)15-21/h5-15,30H,4H2,1-3H3. The molecule has 3 aromatic carbocycles. The van der Waals surface area contributed by atoms with Crippen molar-refractivity contribution in [2.45, 2.75) is 20.8 Å². The highest BCUT2D eigenvalue weighted by atomic mass is 35.5. The molecule has 35 heavy (non-hydrogen) atoms. The zero-order chi connectivity index (χ0) is 25.3. The van der Waals surface area contributed by atoms with Crippen LogP contribution in [0.5, 0.6) is 0 Å². The smallest absolute Gasteiger partial charge is 0.283 e. The number of imide groups is 1. The number of nitrogens with zero attached hydrogens (tertiary/aromatic N) is 2. The molecule has 1 aliphatic heterocycles. The van der Waals surface area contributed by atoms with E-state index in [2.05, 4.69) is 5.32 Å². The van der Waals surface area contributed by atoms with Crippen LogP contribution in [-0.2, 0) is 9.59 Å². The van der Waals surface area contributed by atoms with Crippen molar-refractivity contribution in [3.8, 4) is 0 Å². The van der Waals surface area contributed by atoms with Crippen molar-refractivity contribution in [2.75, 3.05) is 21.7 Å². The van der Waals surface area contributed by atoms with E-state index in [1.165, 1.54) is 0 Å². The molecule has 3 amide bonds. The lowest BCUT2D eigenvalue weighted by molar-refractivity contribution is -0.120. The van der Waals surface area contributed by atoms with Gasteiger partial charge in [0, 0.05) is 28.5 Å². The van der Waals surface area contributed by atoms with E-state index in [4.69, 9.17) is 23.2 Å². The molecule has 4 rings (SSSR count). The quantitative estimate of drug-likeness (QED) is 0.411. The predicted octanol–water partition coefficient (Wildman–Crippen LogP) is 6.06. The summed E-state index contributed by atoms with van der Waals surface area (Å²) in [6.07, 6.45) is 0. The van der Waals surface area contributed by atoms with Gasteiger partial charge in [-0.2, -0.15) is 0 Å². The fourth-order valence-corrected chi connectivity index (χ4v) is 4.19. The third-order valence-electron chi connectivity index (χ3n) is 5.72. The van der Waals surface area contributed by atoms with E-state index in [1.807, 2.05) is 45.0 Å².